The summed E-state index contributed by atoms with van der Waals surface area (Å²) in [6, 6.07) is 6.52. The zero-order chi connectivity index (χ0) is 12.8. The van der Waals surface area contributed by atoms with Crippen LogP contribution in [0.1, 0.15) is 11.1 Å². The number of hydrogen-bond donors (Lipinski definition) is 2. The average Bonchev–Trinajstić information content (AvgIpc) is 2.30. The molecule has 0 saturated heterocycles. The van der Waals surface area contributed by atoms with Crippen LogP contribution in [0.3, 0.4) is 0 Å². The predicted octanol–water partition coefficient (Wildman–Crippen LogP) is 1.35. The van der Waals surface area contributed by atoms with Gasteiger partial charge >= 0.3 is 5.97 Å². The van der Waals surface area contributed by atoms with E-state index in [9.17, 15) is 9.59 Å². The van der Waals surface area contributed by atoms with E-state index in [-0.39, 0.29) is 12.3 Å². The molecule has 1 rings (SSSR count). The first-order valence-electron chi connectivity index (χ1n) is 5.17. The molecule has 1 atom stereocenters. The van der Waals surface area contributed by atoms with Crippen LogP contribution in [0.2, 0.25) is 0 Å². The lowest BCUT2D eigenvalue weighted by molar-refractivity contribution is -0.141. The maximum Gasteiger partial charge on any atom is 0.326 e. The Hall–Kier alpha value is -1.55. The van der Waals surface area contributed by atoms with Gasteiger partial charge in [-0.15, -0.1) is 11.6 Å². The fraction of sp³-hybridized carbons (Fsp3) is 0.333. The molecule has 0 aliphatic carbocycles. The fourth-order valence-corrected chi connectivity index (χ4v) is 1.57. The van der Waals surface area contributed by atoms with E-state index in [0.29, 0.717) is 0 Å². The van der Waals surface area contributed by atoms with Crippen LogP contribution < -0.4 is 5.32 Å². The number of carbonyl (C=O) groups is 2. The van der Waals surface area contributed by atoms with Gasteiger partial charge in [0, 0.05) is 6.42 Å². The summed E-state index contributed by atoms with van der Waals surface area (Å²) in [7, 11) is 0. The number of halogens is 1. The van der Waals surface area contributed by atoms with E-state index in [4.69, 9.17) is 16.7 Å². The number of benzene rings is 1. The van der Waals surface area contributed by atoms with Gasteiger partial charge in [-0.1, -0.05) is 24.3 Å². The fourth-order valence-electron chi connectivity index (χ4n) is 1.49. The van der Waals surface area contributed by atoms with Crippen molar-refractivity contribution in [2.45, 2.75) is 19.4 Å². The monoisotopic (exact) mass is 255 g/mol. The van der Waals surface area contributed by atoms with Gasteiger partial charge in [0.25, 0.3) is 0 Å². The highest BCUT2D eigenvalue weighted by molar-refractivity contribution is 6.27. The van der Waals surface area contributed by atoms with Crippen LogP contribution in [0.15, 0.2) is 24.3 Å². The highest BCUT2D eigenvalue weighted by Gasteiger charge is 2.20. The Bertz CT molecular complexity index is 420. The molecule has 1 aromatic rings. The van der Waals surface area contributed by atoms with E-state index in [1.807, 2.05) is 31.2 Å². The lowest BCUT2D eigenvalue weighted by Crippen LogP contribution is -2.43. The van der Waals surface area contributed by atoms with Gasteiger partial charge in [0.05, 0.1) is 0 Å². The summed E-state index contributed by atoms with van der Waals surface area (Å²) in [5.41, 5.74) is 1.90. The van der Waals surface area contributed by atoms with Crippen LogP contribution in [0, 0.1) is 6.92 Å². The largest absolute Gasteiger partial charge is 0.480 e. The molecule has 0 saturated carbocycles. The summed E-state index contributed by atoms with van der Waals surface area (Å²) in [4.78, 5) is 22.1. The molecule has 0 fully saturated rings. The minimum atomic E-state index is -1.06. The predicted molar refractivity (Wildman–Crippen MR) is 65.2 cm³/mol. The molecule has 0 aromatic heterocycles. The van der Waals surface area contributed by atoms with Crippen LogP contribution in [0.25, 0.3) is 0 Å². The third kappa shape index (κ3) is 4.07. The summed E-state index contributed by atoms with van der Waals surface area (Å²) in [6.45, 7) is 1.90. The number of rotatable bonds is 5. The maximum atomic E-state index is 11.1. The molecule has 0 aliphatic rings. The minimum Gasteiger partial charge on any atom is -0.480 e. The number of aliphatic carboxylic acids is 1. The zero-order valence-corrected chi connectivity index (χ0v) is 10.2. The van der Waals surface area contributed by atoms with Crippen molar-refractivity contribution in [1.82, 2.24) is 5.32 Å². The van der Waals surface area contributed by atoms with Crippen LogP contribution in [-0.4, -0.2) is 28.9 Å². The third-order valence-electron chi connectivity index (χ3n) is 2.44. The molecular weight excluding hydrogens is 242 g/mol. The van der Waals surface area contributed by atoms with Crippen LogP contribution in [0.5, 0.6) is 0 Å². The molecule has 2 N–H and O–H groups in total. The standard InChI is InChI=1S/C12H14ClNO3/c1-8-4-2-3-5-9(8)6-10(12(16)17)14-11(15)7-13/h2-5,10H,6-7H2,1H3,(H,14,15)(H,16,17). The van der Waals surface area contributed by atoms with E-state index in [2.05, 4.69) is 5.32 Å². The lowest BCUT2D eigenvalue weighted by Gasteiger charge is -2.15. The molecule has 0 heterocycles. The summed E-state index contributed by atoms with van der Waals surface area (Å²) in [5.74, 6) is -1.78. The lowest BCUT2D eigenvalue weighted by atomic mass is 10.0. The Labute approximate surface area is 105 Å². The SMILES string of the molecule is Cc1ccccc1CC(NC(=O)CCl)C(=O)O. The van der Waals surface area contributed by atoms with Crippen LogP contribution in [0.4, 0.5) is 0 Å². The van der Waals surface area contributed by atoms with Crippen molar-refractivity contribution >= 4 is 23.5 Å². The van der Waals surface area contributed by atoms with Crippen molar-refractivity contribution < 1.29 is 14.7 Å². The molecule has 1 unspecified atom stereocenters. The summed E-state index contributed by atoms with van der Waals surface area (Å²) in [5, 5.41) is 11.4. The number of amides is 1. The van der Waals surface area contributed by atoms with E-state index in [1.54, 1.807) is 0 Å². The Morgan fingerprint density at radius 2 is 2.06 bits per heavy atom. The minimum absolute atomic E-state index is 0.239. The number of carboxylic acids is 1. The van der Waals surface area contributed by atoms with E-state index >= 15 is 0 Å². The van der Waals surface area contributed by atoms with Gasteiger partial charge in [-0.25, -0.2) is 4.79 Å². The van der Waals surface area contributed by atoms with E-state index in [1.165, 1.54) is 0 Å². The number of hydrogen-bond acceptors (Lipinski definition) is 2. The molecule has 1 aromatic carbocycles. The van der Waals surface area contributed by atoms with Crippen molar-refractivity contribution in [1.29, 1.82) is 0 Å². The maximum absolute atomic E-state index is 11.1. The van der Waals surface area contributed by atoms with Crippen LogP contribution in [-0.2, 0) is 16.0 Å². The quantitative estimate of drug-likeness (QED) is 0.781. The topological polar surface area (TPSA) is 66.4 Å². The number of carbonyl (C=O) groups excluding carboxylic acids is 1. The van der Waals surface area contributed by atoms with Crippen molar-refractivity contribution in [3.8, 4) is 0 Å². The Kier molecular flexibility index (Phi) is 4.97. The van der Waals surface area contributed by atoms with Gasteiger partial charge < -0.3 is 10.4 Å². The molecule has 92 valence electrons. The first-order chi connectivity index (χ1) is 8.04. The Morgan fingerprint density at radius 3 is 2.59 bits per heavy atom. The summed E-state index contributed by atoms with van der Waals surface area (Å²) < 4.78 is 0. The molecular formula is C12H14ClNO3. The smallest absolute Gasteiger partial charge is 0.326 e. The summed E-state index contributed by atoms with van der Waals surface area (Å²) in [6.07, 6.45) is 0.255. The molecule has 0 bridgehead atoms. The Morgan fingerprint density at radius 1 is 1.41 bits per heavy atom. The number of carboxylic acid groups (broad SMARTS) is 1. The van der Waals surface area contributed by atoms with Gasteiger partial charge in [-0.2, -0.15) is 0 Å². The number of nitrogens with one attached hydrogen (secondary N) is 1. The number of alkyl halides is 1. The van der Waals surface area contributed by atoms with Crippen molar-refractivity contribution in [3.05, 3.63) is 35.4 Å². The molecule has 0 spiro atoms. The molecule has 0 radical (unpaired) electrons. The highest BCUT2D eigenvalue weighted by atomic mass is 35.5. The molecule has 17 heavy (non-hydrogen) atoms. The first kappa shape index (κ1) is 13.5. The van der Waals surface area contributed by atoms with Crippen LogP contribution >= 0.6 is 11.6 Å². The molecule has 5 heteroatoms. The van der Waals surface area contributed by atoms with Gasteiger partial charge in [0.2, 0.25) is 5.91 Å². The summed E-state index contributed by atoms with van der Waals surface area (Å²) >= 11 is 5.33. The highest BCUT2D eigenvalue weighted by Crippen LogP contribution is 2.10. The Balaban J connectivity index is 2.77. The van der Waals surface area contributed by atoms with Crippen molar-refractivity contribution in [2.75, 3.05) is 5.88 Å². The second-order valence-corrected chi connectivity index (χ2v) is 3.99. The van der Waals surface area contributed by atoms with Gasteiger partial charge in [-0.05, 0) is 18.1 Å². The molecule has 1 amide bonds. The zero-order valence-electron chi connectivity index (χ0n) is 9.44. The van der Waals surface area contributed by atoms with Gasteiger partial charge in [0.1, 0.15) is 11.9 Å². The third-order valence-corrected chi connectivity index (χ3v) is 2.68. The normalized spacial score (nSPS) is 11.9. The second-order valence-electron chi connectivity index (χ2n) is 3.72. The average molecular weight is 256 g/mol. The molecule has 4 nitrogen and oxygen atoms in total. The first-order valence-corrected chi connectivity index (χ1v) is 5.70. The van der Waals surface area contributed by atoms with Gasteiger partial charge in [0.15, 0.2) is 0 Å². The van der Waals surface area contributed by atoms with Crippen molar-refractivity contribution in [3.63, 3.8) is 0 Å². The van der Waals surface area contributed by atoms with E-state index in [0.717, 1.165) is 11.1 Å². The van der Waals surface area contributed by atoms with Crippen molar-refractivity contribution in [2.24, 2.45) is 0 Å². The van der Waals surface area contributed by atoms with Gasteiger partial charge in [-0.3, -0.25) is 4.79 Å². The molecule has 0 aliphatic heterocycles. The number of aryl methyl sites for hydroxylation is 1. The van der Waals surface area contributed by atoms with E-state index < -0.39 is 17.9 Å². The second kappa shape index (κ2) is 6.25.